The highest BCUT2D eigenvalue weighted by molar-refractivity contribution is 5.99. The Balaban J connectivity index is 2.31. The van der Waals surface area contributed by atoms with E-state index in [1.807, 2.05) is 0 Å². The van der Waals surface area contributed by atoms with Crippen LogP contribution in [0.1, 0.15) is 57.9 Å². The molecule has 4 heteroatoms. The fourth-order valence-electron chi connectivity index (χ4n) is 1.85. The number of nitrogens with one attached hydrogen (secondary N) is 1. The Morgan fingerprint density at radius 2 is 1.80 bits per heavy atom. The van der Waals surface area contributed by atoms with Crippen LogP contribution in [0.3, 0.4) is 0 Å². The van der Waals surface area contributed by atoms with Gasteiger partial charge in [-0.3, -0.25) is 4.79 Å². The van der Waals surface area contributed by atoms with Crippen LogP contribution >= 0.6 is 0 Å². The molecule has 0 radical (unpaired) electrons. The Kier molecular flexibility index (Phi) is 7.55. The molecule has 1 aromatic rings. The van der Waals surface area contributed by atoms with E-state index in [4.69, 9.17) is 0 Å². The second kappa shape index (κ2) is 9.23. The van der Waals surface area contributed by atoms with Gasteiger partial charge in [-0.25, -0.2) is 9.82 Å². The van der Waals surface area contributed by atoms with Crippen LogP contribution in [-0.4, -0.2) is 11.6 Å². The highest BCUT2D eigenvalue weighted by Crippen LogP contribution is 2.05. The van der Waals surface area contributed by atoms with Gasteiger partial charge in [-0.15, -0.1) is 0 Å². The van der Waals surface area contributed by atoms with Crippen LogP contribution in [-0.2, 0) is 4.79 Å². The first-order valence-corrected chi connectivity index (χ1v) is 7.22. The smallest absolute Gasteiger partial charge is 0.240 e. The van der Waals surface area contributed by atoms with E-state index in [0.29, 0.717) is 12.1 Å². The Morgan fingerprint density at radius 1 is 1.15 bits per heavy atom. The number of hydrazone groups is 1. The molecule has 1 rings (SSSR count). The van der Waals surface area contributed by atoms with Crippen molar-refractivity contribution in [2.45, 2.75) is 52.4 Å². The first-order chi connectivity index (χ1) is 9.63. The number of amides is 1. The minimum absolute atomic E-state index is 0.0667. The molecule has 0 aliphatic carbocycles. The van der Waals surface area contributed by atoms with Crippen molar-refractivity contribution in [1.29, 1.82) is 0 Å². The van der Waals surface area contributed by atoms with Crippen LogP contribution in [0.2, 0.25) is 0 Å². The Labute approximate surface area is 120 Å². The molecule has 0 atom stereocenters. The zero-order valence-corrected chi connectivity index (χ0v) is 12.3. The Bertz CT molecular complexity index is 440. The minimum Gasteiger partial charge on any atom is -0.273 e. The average Bonchev–Trinajstić information content (AvgIpc) is 2.45. The second-order valence-electron chi connectivity index (χ2n) is 4.90. The van der Waals surface area contributed by atoms with E-state index in [-0.39, 0.29) is 11.7 Å². The number of halogens is 1. The number of carbonyl (C=O) groups excluding carboxylic acids is 1. The molecule has 1 N–H and O–H groups in total. The molecule has 0 heterocycles. The lowest BCUT2D eigenvalue weighted by atomic mass is 10.1. The van der Waals surface area contributed by atoms with Crippen molar-refractivity contribution in [1.82, 2.24) is 5.43 Å². The van der Waals surface area contributed by atoms with Gasteiger partial charge in [0.1, 0.15) is 5.82 Å². The van der Waals surface area contributed by atoms with Crippen LogP contribution in [0.25, 0.3) is 0 Å². The summed E-state index contributed by atoms with van der Waals surface area (Å²) in [6.07, 6.45) is 6.10. The Hall–Kier alpha value is -1.71. The third-order valence-corrected chi connectivity index (χ3v) is 3.12. The van der Waals surface area contributed by atoms with Crippen molar-refractivity contribution in [3.8, 4) is 0 Å². The fourth-order valence-corrected chi connectivity index (χ4v) is 1.85. The van der Waals surface area contributed by atoms with Crippen molar-refractivity contribution in [3.63, 3.8) is 0 Å². The molecule has 0 aliphatic rings. The third kappa shape index (κ3) is 6.45. The van der Waals surface area contributed by atoms with Crippen molar-refractivity contribution >= 4 is 11.6 Å². The summed E-state index contributed by atoms with van der Waals surface area (Å²) in [5, 5.41) is 4.03. The number of unbranched alkanes of at least 4 members (excludes halogenated alkanes) is 4. The second-order valence-corrected chi connectivity index (χ2v) is 4.90. The molecule has 0 fully saturated rings. The lowest BCUT2D eigenvalue weighted by Gasteiger charge is -2.03. The summed E-state index contributed by atoms with van der Waals surface area (Å²) in [5.74, 6) is -0.347. The third-order valence-electron chi connectivity index (χ3n) is 3.12. The number of hydrogen-bond donors (Lipinski definition) is 1. The maximum atomic E-state index is 12.8. The summed E-state index contributed by atoms with van der Waals surface area (Å²) in [7, 11) is 0. The summed E-state index contributed by atoms with van der Waals surface area (Å²) in [5.41, 5.74) is 4.01. The monoisotopic (exact) mass is 278 g/mol. The van der Waals surface area contributed by atoms with Gasteiger partial charge in [-0.05, 0) is 31.0 Å². The number of carbonyl (C=O) groups is 1. The maximum Gasteiger partial charge on any atom is 0.240 e. The average molecular weight is 278 g/mol. The summed E-state index contributed by atoms with van der Waals surface area (Å²) < 4.78 is 12.8. The van der Waals surface area contributed by atoms with Crippen molar-refractivity contribution < 1.29 is 9.18 Å². The molecule has 0 saturated heterocycles. The van der Waals surface area contributed by atoms with Gasteiger partial charge in [-0.1, -0.05) is 44.7 Å². The largest absolute Gasteiger partial charge is 0.273 e. The zero-order chi connectivity index (χ0) is 14.8. The van der Waals surface area contributed by atoms with Gasteiger partial charge in [0.2, 0.25) is 5.91 Å². The summed E-state index contributed by atoms with van der Waals surface area (Å²) in [6, 6.07) is 6.05. The van der Waals surface area contributed by atoms with Crippen LogP contribution in [0.15, 0.2) is 29.4 Å². The van der Waals surface area contributed by atoms with E-state index >= 15 is 0 Å². The molecule has 0 bridgehead atoms. The predicted molar refractivity (Wildman–Crippen MR) is 80.1 cm³/mol. The summed E-state index contributed by atoms with van der Waals surface area (Å²) in [4.78, 5) is 11.6. The molecule has 1 aromatic carbocycles. The van der Waals surface area contributed by atoms with Gasteiger partial charge < -0.3 is 0 Å². The lowest BCUT2D eigenvalue weighted by Crippen LogP contribution is -2.18. The number of nitrogens with zero attached hydrogens (tertiary/aromatic N) is 1. The highest BCUT2D eigenvalue weighted by Gasteiger charge is 2.01. The standard InChI is InChI=1S/C16H23FN2O/c1-3-4-5-6-7-8-16(20)19-18-13(2)14-9-11-15(17)12-10-14/h9-12H,3-8H2,1-2H3,(H,19,20). The molecular formula is C16H23FN2O. The van der Waals surface area contributed by atoms with Gasteiger partial charge >= 0.3 is 0 Å². The first-order valence-electron chi connectivity index (χ1n) is 7.22. The molecule has 20 heavy (non-hydrogen) atoms. The van der Waals surface area contributed by atoms with Crippen LogP contribution < -0.4 is 5.43 Å². The quantitative estimate of drug-likeness (QED) is 0.435. The molecule has 0 aliphatic heterocycles. The Morgan fingerprint density at radius 3 is 2.45 bits per heavy atom. The van der Waals surface area contributed by atoms with Crippen LogP contribution in [0.4, 0.5) is 4.39 Å². The molecule has 0 saturated carbocycles. The van der Waals surface area contributed by atoms with E-state index in [1.54, 1.807) is 19.1 Å². The molecule has 1 amide bonds. The molecule has 0 unspecified atom stereocenters. The van der Waals surface area contributed by atoms with Crippen LogP contribution in [0, 0.1) is 5.82 Å². The lowest BCUT2D eigenvalue weighted by molar-refractivity contribution is -0.121. The normalized spacial score (nSPS) is 11.4. The van der Waals surface area contributed by atoms with E-state index in [2.05, 4.69) is 17.5 Å². The van der Waals surface area contributed by atoms with E-state index in [9.17, 15) is 9.18 Å². The van der Waals surface area contributed by atoms with Gasteiger partial charge in [0, 0.05) is 6.42 Å². The SMILES string of the molecule is CCCCCCCC(=O)NN=C(C)c1ccc(F)cc1. The van der Waals surface area contributed by atoms with Crippen molar-refractivity contribution in [2.24, 2.45) is 5.10 Å². The molecule has 110 valence electrons. The van der Waals surface area contributed by atoms with Gasteiger partial charge in [-0.2, -0.15) is 5.10 Å². The van der Waals surface area contributed by atoms with Crippen molar-refractivity contribution in [2.75, 3.05) is 0 Å². The van der Waals surface area contributed by atoms with Crippen LogP contribution in [0.5, 0.6) is 0 Å². The highest BCUT2D eigenvalue weighted by atomic mass is 19.1. The van der Waals surface area contributed by atoms with Gasteiger partial charge in [0.05, 0.1) is 5.71 Å². The van der Waals surface area contributed by atoms with E-state index < -0.39 is 0 Å². The maximum absolute atomic E-state index is 12.8. The van der Waals surface area contributed by atoms with E-state index in [0.717, 1.165) is 18.4 Å². The fraction of sp³-hybridized carbons (Fsp3) is 0.500. The number of hydrogen-bond acceptors (Lipinski definition) is 2. The van der Waals surface area contributed by atoms with Crippen molar-refractivity contribution in [3.05, 3.63) is 35.6 Å². The van der Waals surface area contributed by atoms with Gasteiger partial charge in [0.15, 0.2) is 0 Å². The first kappa shape index (κ1) is 16.3. The molecule has 0 spiro atoms. The topological polar surface area (TPSA) is 41.5 Å². The summed E-state index contributed by atoms with van der Waals surface area (Å²) >= 11 is 0. The molecular weight excluding hydrogens is 255 g/mol. The minimum atomic E-state index is -0.280. The predicted octanol–water partition coefficient (Wildman–Crippen LogP) is 4.03. The number of benzene rings is 1. The summed E-state index contributed by atoms with van der Waals surface area (Å²) in [6.45, 7) is 3.95. The molecule has 0 aromatic heterocycles. The zero-order valence-electron chi connectivity index (χ0n) is 12.3. The van der Waals surface area contributed by atoms with Gasteiger partial charge in [0.25, 0.3) is 0 Å². The van der Waals surface area contributed by atoms with E-state index in [1.165, 1.54) is 31.4 Å². The number of rotatable bonds is 8. The molecule has 3 nitrogen and oxygen atoms in total.